The molecule has 0 aliphatic carbocycles. The molecule has 0 saturated carbocycles. The van der Waals surface area contributed by atoms with Gasteiger partial charge in [-0.1, -0.05) is 13.8 Å². The minimum Gasteiger partial charge on any atom is -0.393 e. The molecule has 2 N–H and O–H groups in total. The topological polar surface area (TPSA) is 58.9 Å². The lowest BCUT2D eigenvalue weighted by atomic mass is 10.1. The molecule has 0 radical (unpaired) electrons. The maximum absolute atomic E-state index is 9.14. The molecule has 0 rings (SSSR count). The van der Waals surface area contributed by atoms with Crippen molar-refractivity contribution in [2.24, 2.45) is 11.8 Å². The second-order valence-electron chi connectivity index (χ2n) is 4.95. The van der Waals surface area contributed by atoms with Crippen LogP contribution in [0.2, 0.25) is 0 Å². The third-order valence-corrected chi connectivity index (χ3v) is 2.28. The average molecular weight is 234 g/mol. The first-order valence-corrected chi connectivity index (χ1v) is 6.02. The van der Waals surface area contributed by atoms with Gasteiger partial charge < -0.3 is 10.2 Å². The number of aliphatic hydroxyl groups is 2. The molecule has 0 heterocycles. The van der Waals surface area contributed by atoms with Crippen molar-refractivity contribution in [3.63, 3.8) is 0 Å². The van der Waals surface area contributed by atoms with E-state index in [9.17, 15) is 0 Å². The van der Waals surface area contributed by atoms with E-state index in [0.717, 1.165) is 0 Å². The molecule has 0 aromatic rings. The van der Waals surface area contributed by atoms with Crippen LogP contribution in [0.1, 0.15) is 40.5 Å². The minimum atomic E-state index is -0.298. The number of rotatable bonds is 9. The average Bonchev–Trinajstić information content (AvgIpc) is 2.10. The molecule has 0 fully saturated rings. The fraction of sp³-hybridized carbons (Fsp3) is 1.00. The van der Waals surface area contributed by atoms with E-state index in [1.807, 2.05) is 13.8 Å². The quantitative estimate of drug-likeness (QED) is 0.362. The molecule has 98 valence electrons. The van der Waals surface area contributed by atoms with Crippen molar-refractivity contribution in [2.45, 2.75) is 52.7 Å². The summed E-state index contributed by atoms with van der Waals surface area (Å²) in [7, 11) is 0. The number of hydrogen-bond acceptors (Lipinski definition) is 4. The normalized spacial score (nSPS) is 19.1. The van der Waals surface area contributed by atoms with Gasteiger partial charge in [0.25, 0.3) is 0 Å². The lowest BCUT2D eigenvalue weighted by Crippen LogP contribution is -2.16. The van der Waals surface area contributed by atoms with Crippen molar-refractivity contribution < 1.29 is 20.0 Å². The molecule has 0 spiro atoms. The van der Waals surface area contributed by atoms with Gasteiger partial charge in [-0.3, -0.25) is 0 Å². The maximum atomic E-state index is 9.14. The highest BCUT2D eigenvalue weighted by Gasteiger charge is 2.09. The molecule has 0 aliphatic rings. The molecule has 0 aromatic heterocycles. The Kier molecular flexibility index (Phi) is 8.84. The number of hydrogen-bond donors (Lipinski definition) is 2. The predicted molar refractivity (Wildman–Crippen MR) is 62.8 cm³/mol. The van der Waals surface area contributed by atoms with Crippen LogP contribution in [0.5, 0.6) is 0 Å². The Hall–Kier alpha value is -0.160. The van der Waals surface area contributed by atoms with Crippen molar-refractivity contribution in [1.82, 2.24) is 0 Å². The molecule has 4 atom stereocenters. The van der Waals surface area contributed by atoms with Gasteiger partial charge in [0.1, 0.15) is 0 Å². The zero-order chi connectivity index (χ0) is 12.6. The Morgan fingerprint density at radius 1 is 0.750 bits per heavy atom. The van der Waals surface area contributed by atoms with Gasteiger partial charge in [0.15, 0.2) is 0 Å². The van der Waals surface area contributed by atoms with Crippen LogP contribution in [0.25, 0.3) is 0 Å². The van der Waals surface area contributed by atoms with Crippen molar-refractivity contribution in [3.05, 3.63) is 0 Å². The Balaban J connectivity index is 3.38. The lowest BCUT2D eigenvalue weighted by molar-refractivity contribution is -0.307. The van der Waals surface area contributed by atoms with Gasteiger partial charge in [-0.15, -0.1) is 0 Å². The molecular weight excluding hydrogens is 208 g/mol. The van der Waals surface area contributed by atoms with Gasteiger partial charge in [0, 0.05) is 0 Å². The van der Waals surface area contributed by atoms with Crippen LogP contribution >= 0.6 is 0 Å². The van der Waals surface area contributed by atoms with Crippen molar-refractivity contribution in [3.8, 4) is 0 Å². The maximum Gasteiger partial charge on any atom is 0.0848 e. The third kappa shape index (κ3) is 10.4. The van der Waals surface area contributed by atoms with Crippen molar-refractivity contribution in [2.75, 3.05) is 13.2 Å². The second kappa shape index (κ2) is 8.93. The van der Waals surface area contributed by atoms with Gasteiger partial charge in [0.05, 0.1) is 25.4 Å². The summed E-state index contributed by atoms with van der Waals surface area (Å²) in [6.07, 6.45) is 0.833. The zero-order valence-corrected chi connectivity index (χ0v) is 10.8. The largest absolute Gasteiger partial charge is 0.393 e. The van der Waals surface area contributed by atoms with E-state index in [1.54, 1.807) is 13.8 Å². The highest BCUT2D eigenvalue weighted by Crippen LogP contribution is 2.09. The fourth-order valence-corrected chi connectivity index (χ4v) is 1.63. The smallest absolute Gasteiger partial charge is 0.0848 e. The summed E-state index contributed by atoms with van der Waals surface area (Å²) in [5, 5.41) is 18.3. The van der Waals surface area contributed by atoms with Crippen molar-refractivity contribution >= 4 is 0 Å². The second-order valence-corrected chi connectivity index (χ2v) is 4.95. The van der Waals surface area contributed by atoms with Crippen LogP contribution in [0.15, 0.2) is 0 Å². The summed E-state index contributed by atoms with van der Waals surface area (Å²) in [6, 6.07) is 0. The van der Waals surface area contributed by atoms with E-state index in [2.05, 4.69) is 0 Å². The van der Waals surface area contributed by atoms with E-state index in [-0.39, 0.29) is 24.0 Å². The molecule has 0 saturated heterocycles. The summed E-state index contributed by atoms with van der Waals surface area (Å²) in [5.41, 5.74) is 0. The molecule has 16 heavy (non-hydrogen) atoms. The summed E-state index contributed by atoms with van der Waals surface area (Å²) in [5.74, 6) is 0.569. The predicted octanol–water partition coefficient (Wildman–Crippen LogP) is 1.75. The summed E-state index contributed by atoms with van der Waals surface area (Å²) >= 11 is 0. The van der Waals surface area contributed by atoms with Crippen LogP contribution in [-0.4, -0.2) is 35.6 Å². The van der Waals surface area contributed by atoms with Gasteiger partial charge in [-0.2, -0.15) is 0 Å². The molecule has 4 unspecified atom stereocenters. The Morgan fingerprint density at radius 3 is 1.31 bits per heavy atom. The Bertz CT molecular complexity index is 141. The van der Waals surface area contributed by atoms with Crippen LogP contribution in [0.4, 0.5) is 0 Å². The molecule has 0 aliphatic heterocycles. The Labute approximate surface area is 98.5 Å². The van der Waals surface area contributed by atoms with E-state index in [4.69, 9.17) is 20.0 Å². The van der Waals surface area contributed by atoms with Crippen LogP contribution < -0.4 is 0 Å². The third-order valence-electron chi connectivity index (χ3n) is 2.28. The first kappa shape index (κ1) is 15.8. The van der Waals surface area contributed by atoms with E-state index in [1.165, 1.54) is 0 Å². The summed E-state index contributed by atoms with van der Waals surface area (Å²) < 4.78 is 0. The van der Waals surface area contributed by atoms with Gasteiger partial charge in [-0.25, -0.2) is 9.78 Å². The van der Waals surface area contributed by atoms with E-state index < -0.39 is 0 Å². The minimum absolute atomic E-state index is 0.284. The van der Waals surface area contributed by atoms with Gasteiger partial charge >= 0.3 is 0 Å². The lowest BCUT2D eigenvalue weighted by Gasteiger charge is -2.15. The first-order valence-electron chi connectivity index (χ1n) is 6.02. The fourth-order valence-electron chi connectivity index (χ4n) is 1.63. The first-order chi connectivity index (χ1) is 7.41. The van der Waals surface area contributed by atoms with Crippen molar-refractivity contribution in [1.29, 1.82) is 0 Å². The number of aliphatic hydroxyl groups excluding tert-OH is 2. The van der Waals surface area contributed by atoms with Crippen LogP contribution in [-0.2, 0) is 9.78 Å². The highest BCUT2D eigenvalue weighted by atomic mass is 17.2. The molecule has 4 heteroatoms. The molecule has 0 bridgehead atoms. The summed E-state index contributed by atoms with van der Waals surface area (Å²) in [4.78, 5) is 10.1. The summed E-state index contributed by atoms with van der Waals surface area (Å²) in [6.45, 7) is 8.54. The van der Waals surface area contributed by atoms with Crippen LogP contribution in [0.3, 0.4) is 0 Å². The van der Waals surface area contributed by atoms with Gasteiger partial charge in [-0.05, 0) is 38.5 Å². The Morgan fingerprint density at radius 2 is 1.06 bits per heavy atom. The van der Waals surface area contributed by atoms with Crippen LogP contribution in [0, 0.1) is 11.8 Å². The van der Waals surface area contributed by atoms with E-state index in [0.29, 0.717) is 26.1 Å². The molecule has 0 aromatic carbocycles. The monoisotopic (exact) mass is 234 g/mol. The molecule has 4 nitrogen and oxygen atoms in total. The molecular formula is C12H26O4. The molecule has 0 amide bonds. The zero-order valence-electron chi connectivity index (χ0n) is 10.8. The van der Waals surface area contributed by atoms with E-state index >= 15 is 0 Å². The highest BCUT2D eigenvalue weighted by molar-refractivity contribution is 4.56. The SMILES string of the molecule is CC(O)CC(C)COOCC(C)CC(C)O. The van der Waals surface area contributed by atoms with Gasteiger partial charge in [0.2, 0.25) is 0 Å². The standard InChI is InChI=1S/C12H26O4/c1-9(5-11(3)13)7-15-16-8-10(2)6-12(4)14/h9-14H,5-8H2,1-4H3.